The van der Waals surface area contributed by atoms with Gasteiger partial charge in [-0.2, -0.15) is 4.98 Å². The van der Waals surface area contributed by atoms with Crippen LogP contribution in [0.5, 0.6) is 5.88 Å². The third kappa shape index (κ3) is 14.3. The summed E-state index contributed by atoms with van der Waals surface area (Å²) in [5, 5.41) is 34.4. The second-order valence-corrected chi connectivity index (χ2v) is 6.90. The first kappa shape index (κ1) is 53.8. The second kappa shape index (κ2) is 24.4. The third-order valence-corrected chi connectivity index (χ3v) is 4.74. The first-order valence-electron chi connectivity index (χ1n) is 9.37. The predicted molar refractivity (Wildman–Crippen MR) is 136 cm³/mol. The van der Waals surface area contributed by atoms with E-state index < -0.39 is 36.2 Å². The number of anilines is 1. The van der Waals surface area contributed by atoms with Crippen LogP contribution in [-0.4, -0.2) is 112 Å². The molecule has 18 nitrogen and oxygen atoms in total. The molecule has 0 aliphatic rings. The summed E-state index contributed by atoms with van der Waals surface area (Å²) in [6, 6.07) is 5.19. The Morgan fingerprint density at radius 3 is 2.02 bits per heavy atom. The van der Waals surface area contributed by atoms with Gasteiger partial charge in [0.05, 0.1) is 6.42 Å². The van der Waals surface area contributed by atoms with E-state index in [1.807, 2.05) is 0 Å². The topological polar surface area (TPSA) is 415 Å². The van der Waals surface area contributed by atoms with Gasteiger partial charge in [0.2, 0.25) is 5.95 Å². The molecule has 0 bridgehead atoms. The quantitative estimate of drug-likeness (QED) is 0.171. The van der Waals surface area contributed by atoms with E-state index in [-0.39, 0.29) is 115 Å². The van der Waals surface area contributed by atoms with Crippen LogP contribution in [-0.2, 0) is 27.5 Å². The molecule has 2 aromatic heterocycles. The maximum absolute atomic E-state index is 12.3. The fourth-order valence-corrected chi connectivity index (χ4v) is 3.14. The molecule has 0 aliphatic heterocycles. The molecule has 40 heavy (non-hydrogen) atoms. The van der Waals surface area contributed by atoms with Gasteiger partial charge < -0.3 is 64.6 Å². The summed E-state index contributed by atoms with van der Waals surface area (Å²) in [6.45, 7) is 0. The number of nitrogens with two attached hydrogens (primary N) is 1. The zero-order chi connectivity index (χ0) is 22.5. The van der Waals surface area contributed by atoms with Crippen molar-refractivity contribution < 1.29 is 97.6 Å². The second-order valence-electron chi connectivity index (χ2n) is 6.90. The van der Waals surface area contributed by atoms with E-state index in [0.717, 1.165) is 11.1 Å². The largest absolute Gasteiger partial charge is 1.00 e. The number of hydrogen-bond acceptors (Lipinski definition) is 7. The molecule has 0 fully saturated rings. The van der Waals surface area contributed by atoms with Crippen LogP contribution in [0.1, 0.15) is 34.3 Å². The Kier molecular flexibility index (Phi) is 32.8. The normalized spacial score (nSPS) is 9.20. The van der Waals surface area contributed by atoms with Crippen molar-refractivity contribution in [2.24, 2.45) is 0 Å². The number of H-pyrrole nitrogens is 1. The van der Waals surface area contributed by atoms with Gasteiger partial charge in [0, 0.05) is 52.6 Å². The van der Waals surface area contributed by atoms with Crippen LogP contribution in [0, 0.1) is 0 Å². The number of carboxylic acids is 1. The standard InChI is InChI=1S/C20H20N5O6.2Na.7H2O/c21-20-24-16-15(18(29)25-20)12(9-22-16)6-3-10-1-4-11(5-2-10)17(28)23-13(19(30)31)7-8-14(26)27;;;;;;;;;/h1-2,4-5,9,13H,3,6-8H2,(H,23,28)(H,30,31)(H4,21,22,24,25,29);;;7*1H2/q;;+1;;;;;;;/p-1/t13-;;;;;;;;;/m0........./s1. The molecule has 0 unspecified atom stereocenters. The number of rotatable bonds is 9. The first-order chi connectivity index (χ1) is 14.7. The molecule has 20 heteroatoms. The zero-order valence-corrected chi connectivity index (χ0v) is 25.8. The minimum Gasteiger partial charge on any atom is -0.858 e. The number of aliphatic carboxylic acids is 1. The molecular formula is C20H33N5Na2O13. The van der Waals surface area contributed by atoms with Crippen molar-refractivity contribution in [2.75, 3.05) is 5.73 Å². The van der Waals surface area contributed by atoms with Gasteiger partial charge in [-0.05, 0) is 42.5 Å². The number of carboxylic acid groups (broad SMARTS) is 1. The number of aromatic amines is 1. The number of nitrogens with one attached hydrogen (secondary N) is 2. The minimum atomic E-state index is -1.39. The number of nitrogen functional groups attached to an aromatic ring is 1. The van der Waals surface area contributed by atoms with Gasteiger partial charge in [-0.25, -0.2) is 19.7 Å². The molecule has 0 spiro atoms. The first-order valence-corrected chi connectivity index (χ1v) is 9.37. The van der Waals surface area contributed by atoms with E-state index >= 15 is 0 Å². The summed E-state index contributed by atoms with van der Waals surface area (Å²) in [6.07, 6.45) is 2.02. The van der Waals surface area contributed by atoms with Gasteiger partial charge in [-0.15, -0.1) is 0 Å². The maximum atomic E-state index is 12.3. The summed E-state index contributed by atoms with van der Waals surface area (Å²) in [7, 11) is 0. The third-order valence-electron chi connectivity index (χ3n) is 4.74. The Labute approximate surface area is 271 Å². The van der Waals surface area contributed by atoms with E-state index in [1.54, 1.807) is 30.5 Å². The van der Waals surface area contributed by atoms with E-state index in [1.165, 1.54) is 0 Å². The summed E-state index contributed by atoms with van der Waals surface area (Å²) in [4.78, 5) is 44.5. The predicted octanol–water partition coefficient (Wildman–Crippen LogP) is -8.83. The van der Waals surface area contributed by atoms with Crippen LogP contribution in [0.15, 0.2) is 30.5 Å². The molecule has 1 aromatic carbocycles. The number of carbonyl (C=O) groups is 3. The number of aryl methyl sites for hydroxylation is 2. The van der Waals surface area contributed by atoms with E-state index in [2.05, 4.69) is 20.3 Å². The number of carbonyl (C=O) groups excluding carboxylic acids is 2. The van der Waals surface area contributed by atoms with Crippen molar-refractivity contribution in [1.82, 2.24) is 20.3 Å². The number of benzene rings is 1. The summed E-state index contributed by atoms with van der Waals surface area (Å²) >= 11 is 0. The molecule has 3 aromatic rings. The van der Waals surface area contributed by atoms with Gasteiger partial charge >= 0.3 is 41.5 Å². The summed E-state index contributed by atoms with van der Waals surface area (Å²) < 4.78 is 0. The fourth-order valence-electron chi connectivity index (χ4n) is 3.14. The number of hydrogen-bond donors (Lipinski definition) is 4. The molecule has 1 amide bonds. The smallest absolute Gasteiger partial charge is 0.858 e. The molecule has 0 aliphatic carbocycles. The Bertz CT molecular complexity index is 1150. The molecular weight excluding hydrogens is 564 g/mol. The number of aromatic nitrogens is 3. The van der Waals surface area contributed by atoms with Crippen LogP contribution in [0.2, 0.25) is 0 Å². The van der Waals surface area contributed by atoms with Crippen molar-refractivity contribution in [3.05, 3.63) is 47.2 Å². The van der Waals surface area contributed by atoms with Crippen molar-refractivity contribution >= 4 is 64.4 Å². The van der Waals surface area contributed by atoms with Gasteiger partial charge in [0.25, 0.3) is 5.91 Å². The van der Waals surface area contributed by atoms with Gasteiger partial charge in [0.15, 0.2) is 0 Å². The van der Waals surface area contributed by atoms with Crippen LogP contribution in [0.25, 0.3) is 11.0 Å². The molecule has 2 radical (unpaired) electrons. The van der Waals surface area contributed by atoms with Gasteiger partial charge in [-0.1, -0.05) is 12.1 Å². The molecule has 0 saturated heterocycles. The number of amides is 1. The Morgan fingerprint density at radius 1 is 0.975 bits per heavy atom. The maximum Gasteiger partial charge on any atom is 1.00 e. The molecule has 1 atom stereocenters. The summed E-state index contributed by atoms with van der Waals surface area (Å²) in [5.74, 6) is -3.88. The van der Waals surface area contributed by atoms with Crippen molar-refractivity contribution in [3.8, 4) is 5.88 Å². The van der Waals surface area contributed by atoms with E-state index in [4.69, 9.17) is 10.8 Å². The van der Waals surface area contributed by atoms with Gasteiger partial charge in [-0.3, -0.25) is 4.79 Å². The molecule has 0 saturated carbocycles. The molecule has 19 N–H and O–H groups in total. The fraction of sp³-hybridized carbons (Fsp3) is 0.250. The summed E-state index contributed by atoms with van der Waals surface area (Å²) in [5.41, 5.74) is 7.74. The molecule has 218 valence electrons. The van der Waals surface area contributed by atoms with E-state index in [9.17, 15) is 24.6 Å². The minimum absolute atomic E-state index is 0. The van der Waals surface area contributed by atoms with Gasteiger partial charge in [0.1, 0.15) is 11.7 Å². The Balaban J connectivity index is -0.000000242. The average molecular weight is 597 g/mol. The monoisotopic (exact) mass is 597 g/mol. The average Bonchev–Trinajstić information content (AvgIpc) is 3.12. The number of fused-ring (bicyclic) bond motifs is 1. The number of nitrogens with zero attached hydrogens (tertiary/aromatic N) is 2. The SMILES string of the molecule is Nc1nc([O-])c2c(CCc3ccc(C(=O)N[C@@H](CCC([O])=O)C(=O)O)cc3)c[nH]c2n1.O.O.O.O.O.O.O.[Na+].[Na]. The molecule has 3 rings (SSSR count). The van der Waals surface area contributed by atoms with Crippen molar-refractivity contribution in [1.29, 1.82) is 0 Å². The van der Waals surface area contributed by atoms with Crippen LogP contribution in [0.3, 0.4) is 0 Å². The van der Waals surface area contributed by atoms with Crippen molar-refractivity contribution in [3.63, 3.8) is 0 Å². The molecule has 2 heterocycles. The van der Waals surface area contributed by atoms with Crippen molar-refractivity contribution in [2.45, 2.75) is 31.7 Å². The Hall–Kier alpha value is -2.43. The van der Waals surface area contributed by atoms with Crippen LogP contribution in [0.4, 0.5) is 5.95 Å². The van der Waals surface area contributed by atoms with Crippen LogP contribution < -0.4 is 45.7 Å². The zero-order valence-electron chi connectivity index (χ0n) is 21.8. The van der Waals surface area contributed by atoms with E-state index in [0.29, 0.717) is 23.9 Å². The van der Waals surface area contributed by atoms with Crippen LogP contribution >= 0.6 is 0 Å². The Morgan fingerprint density at radius 2 is 1.52 bits per heavy atom.